The van der Waals surface area contributed by atoms with E-state index in [-0.39, 0.29) is 12.6 Å². The molecule has 0 spiro atoms. The van der Waals surface area contributed by atoms with Gasteiger partial charge in [-0.1, -0.05) is 71.8 Å². The number of hydrogen-bond donors (Lipinski definition) is 2. The lowest BCUT2D eigenvalue weighted by atomic mass is 9.97. The van der Waals surface area contributed by atoms with E-state index >= 15 is 0 Å². The zero-order valence-electron chi connectivity index (χ0n) is 16.8. The molecule has 0 heterocycles. The monoisotopic (exact) mass is 438 g/mol. The van der Waals surface area contributed by atoms with Gasteiger partial charge < -0.3 is 15.4 Å². The molecule has 0 aliphatic heterocycles. The molecule has 0 radical (unpaired) electrons. The van der Waals surface area contributed by atoms with E-state index in [0.717, 1.165) is 11.1 Å². The van der Waals surface area contributed by atoms with Gasteiger partial charge in [-0.3, -0.25) is 0 Å². The number of aryl methyl sites for hydroxylation is 1. The van der Waals surface area contributed by atoms with Gasteiger partial charge in [0, 0.05) is 5.69 Å². The Morgan fingerprint density at radius 3 is 2.47 bits per heavy atom. The minimum absolute atomic E-state index is 0.122. The van der Waals surface area contributed by atoms with Crippen molar-refractivity contribution in [3.63, 3.8) is 0 Å². The average Bonchev–Trinajstić information content (AvgIpc) is 2.74. The standard InChI is InChI=1S/C24H23ClN2O2S/c1-3-29-23(28)20-15-19(12-13-21(20)25)26-24(30)27-22(17-9-5-4-6-10-17)18-11-7-8-16(2)14-18/h4-15,22H,3H2,1-2H3,(H2,26,27,30)/t22-/m0/s1. The fourth-order valence-corrected chi connectivity index (χ4v) is 3.55. The molecule has 0 amide bonds. The summed E-state index contributed by atoms with van der Waals surface area (Å²) in [6.07, 6.45) is 0. The number of ether oxygens (including phenoxy) is 1. The number of nitrogens with one attached hydrogen (secondary N) is 2. The second kappa shape index (κ2) is 10.2. The van der Waals surface area contributed by atoms with E-state index in [9.17, 15) is 4.79 Å². The highest BCUT2D eigenvalue weighted by atomic mass is 35.5. The molecule has 4 nitrogen and oxygen atoms in total. The van der Waals surface area contributed by atoms with E-state index in [2.05, 4.69) is 47.9 Å². The zero-order chi connectivity index (χ0) is 21.5. The van der Waals surface area contributed by atoms with E-state index in [4.69, 9.17) is 28.6 Å². The van der Waals surface area contributed by atoms with Crippen molar-refractivity contribution in [2.75, 3.05) is 11.9 Å². The van der Waals surface area contributed by atoms with Crippen LogP contribution < -0.4 is 10.6 Å². The highest BCUT2D eigenvalue weighted by molar-refractivity contribution is 7.80. The molecule has 0 aliphatic carbocycles. The van der Waals surface area contributed by atoms with Gasteiger partial charge in [0.1, 0.15) is 0 Å². The fraction of sp³-hybridized carbons (Fsp3) is 0.167. The zero-order valence-corrected chi connectivity index (χ0v) is 18.4. The first-order valence-corrected chi connectivity index (χ1v) is 10.4. The summed E-state index contributed by atoms with van der Waals surface area (Å²) >= 11 is 11.7. The van der Waals surface area contributed by atoms with Crippen LogP contribution in [-0.4, -0.2) is 17.7 Å². The maximum atomic E-state index is 12.1. The number of halogens is 1. The third-order valence-electron chi connectivity index (χ3n) is 4.50. The number of hydrogen-bond acceptors (Lipinski definition) is 3. The minimum atomic E-state index is -0.466. The molecular weight excluding hydrogens is 416 g/mol. The van der Waals surface area contributed by atoms with Crippen molar-refractivity contribution < 1.29 is 9.53 Å². The second-order valence-electron chi connectivity index (χ2n) is 6.77. The summed E-state index contributed by atoms with van der Waals surface area (Å²) in [7, 11) is 0. The summed E-state index contributed by atoms with van der Waals surface area (Å²) in [5.41, 5.74) is 4.32. The van der Waals surface area contributed by atoms with Crippen molar-refractivity contribution >= 4 is 40.6 Å². The van der Waals surface area contributed by atoms with Gasteiger partial charge in [0.15, 0.2) is 5.11 Å². The highest BCUT2D eigenvalue weighted by Crippen LogP contribution is 2.24. The summed E-state index contributed by atoms with van der Waals surface area (Å²) < 4.78 is 5.06. The molecule has 0 aliphatic rings. The van der Waals surface area contributed by atoms with Crippen LogP contribution in [0.15, 0.2) is 72.8 Å². The molecule has 1 atom stereocenters. The summed E-state index contributed by atoms with van der Waals surface area (Å²) in [6.45, 7) is 4.09. The van der Waals surface area contributed by atoms with E-state index < -0.39 is 5.97 Å². The average molecular weight is 439 g/mol. The quantitative estimate of drug-likeness (QED) is 0.370. The highest BCUT2D eigenvalue weighted by Gasteiger charge is 2.17. The molecule has 154 valence electrons. The van der Waals surface area contributed by atoms with Crippen LogP contribution in [0.3, 0.4) is 0 Å². The lowest BCUT2D eigenvalue weighted by Crippen LogP contribution is -2.33. The van der Waals surface area contributed by atoms with E-state index in [1.807, 2.05) is 24.3 Å². The Morgan fingerprint density at radius 1 is 1.03 bits per heavy atom. The molecule has 0 fully saturated rings. The smallest absolute Gasteiger partial charge is 0.339 e. The van der Waals surface area contributed by atoms with E-state index in [0.29, 0.717) is 21.4 Å². The first-order chi connectivity index (χ1) is 14.5. The van der Waals surface area contributed by atoms with Gasteiger partial charge in [0.2, 0.25) is 0 Å². The molecule has 0 saturated carbocycles. The van der Waals surface area contributed by atoms with Crippen LogP contribution in [-0.2, 0) is 4.74 Å². The maximum Gasteiger partial charge on any atom is 0.339 e. The molecule has 6 heteroatoms. The Labute approximate surface area is 187 Å². The number of carbonyl (C=O) groups excluding carboxylic acids is 1. The Morgan fingerprint density at radius 2 is 1.77 bits per heavy atom. The first kappa shape index (κ1) is 21.8. The van der Waals surface area contributed by atoms with Crippen molar-refractivity contribution in [3.8, 4) is 0 Å². The molecule has 0 bridgehead atoms. The van der Waals surface area contributed by atoms with Crippen molar-refractivity contribution in [1.82, 2.24) is 5.32 Å². The third-order valence-corrected chi connectivity index (χ3v) is 5.05. The molecule has 3 rings (SSSR count). The predicted molar refractivity (Wildman–Crippen MR) is 126 cm³/mol. The third kappa shape index (κ3) is 5.59. The van der Waals surface area contributed by atoms with Crippen LogP contribution in [0.25, 0.3) is 0 Å². The van der Waals surface area contributed by atoms with Gasteiger partial charge >= 0.3 is 5.97 Å². The topological polar surface area (TPSA) is 50.4 Å². The van der Waals surface area contributed by atoms with Gasteiger partial charge in [0.25, 0.3) is 0 Å². The minimum Gasteiger partial charge on any atom is -0.462 e. The Bertz CT molecular complexity index is 1040. The van der Waals surface area contributed by atoms with Crippen LogP contribution in [0.4, 0.5) is 5.69 Å². The van der Waals surface area contributed by atoms with Gasteiger partial charge in [0.05, 0.1) is 23.2 Å². The van der Waals surface area contributed by atoms with Gasteiger partial charge in [-0.2, -0.15) is 0 Å². The van der Waals surface area contributed by atoms with Crippen molar-refractivity contribution in [1.29, 1.82) is 0 Å². The first-order valence-electron chi connectivity index (χ1n) is 9.63. The number of esters is 1. The molecule has 2 N–H and O–H groups in total. The molecule has 0 unspecified atom stereocenters. The summed E-state index contributed by atoms with van der Waals surface area (Å²) in [5.74, 6) is -0.466. The summed E-state index contributed by atoms with van der Waals surface area (Å²) in [6, 6.07) is 23.3. The molecule has 3 aromatic carbocycles. The van der Waals surface area contributed by atoms with E-state index in [1.54, 1.807) is 25.1 Å². The molecule has 0 aromatic heterocycles. The second-order valence-corrected chi connectivity index (χ2v) is 7.59. The van der Waals surface area contributed by atoms with Gasteiger partial charge in [-0.05, 0) is 55.4 Å². The largest absolute Gasteiger partial charge is 0.462 e. The summed E-state index contributed by atoms with van der Waals surface area (Å²) in [4.78, 5) is 12.1. The molecular formula is C24H23ClN2O2S. The number of anilines is 1. The van der Waals surface area contributed by atoms with Gasteiger partial charge in [-0.15, -0.1) is 0 Å². The molecule has 0 saturated heterocycles. The predicted octanol–water partition coefficient (Wildman–Crippen LogP) is 5.90. The normalized spacial score (nSPS) is 11.4. The SMILES string of the molecule is CCOC(=O)c1cc(NC(=S)N[C@@H](c2ccccc2)c2cccc(C)c2)ccc1Cl. The molecule has 3 aromatic rings. The number of rotatable bonds is 6. The fourth-order valence-electron chi connectivity index (χ4n) is 3.12. The van der Waals surface area contributed by atoms with Crippen LogP contribution in [0, 0.1) is 6.92 Å². The van der Waals surface area contributed by atoms with Crippen LogP contribution >= 0.6 is 23.8 Å². The van der Waals surface area contributed by atoms with Crippen LogP contribution in [0.2, 0.25) is 5.02 Å². The van der Waals surface area contributed by atoms with E-state index in [1.165, 1.54) is 5.56 Å². The number of carbonyl (C=O) groups is 1. The van der Waals surface area contributed by atoms with Crippen LogP contribution in [0.5, 0.6) is 0 Å². The number of benzene rings is 3. The molecule has 30 heavy (non-hydrogen) atoms. The van der Waals surface area contributed by atoms with Crippen molar-refractivity contribution in [2.24, 2.45) is 0 Å². The van der Waals surface area contributed by atoms with Crippen molar-refractivity contribution in [2.45, 2.75) is 19.9 Å². The van der Waals surface area contributed by atoms with Crippen LogP contribution in [0.1, 0.15) is 40.0 Å². The van der Waals surface area contributed by atoms with Crippen molar-refractivity contribution in [3.05, 3.63) is 100 Å². The van der Waals surface area contributed by atoms with Gasteiger partial charge in [-0.25, -0.2) is 4.79 Å². The Kier molecular flexibility index (Phi) is 7.44. The lowest BCUT2D eigenvalue weighted by Gasteiger charge is -2.22. The Balaban J connectivity index is 1.82. The lowest BCUT2D eigenvalue weighted by molar-refractivity contribution is 0.0526. The Hall–Kier alpha value is -2.89. The number of thiocarbonyl (C=S) groups is 1. The summed E-state index contributed by atoms with van der Waals surface area (Å²) in [5, 5.41) is 7.30. The maximum absolute atomic E-state index is 12.1.